The molecule has 0 amide bonds. The highest BCUT2D eigenvalue weighted by Gasteiger charge is 2.45. The van der Waals surface area contributed by atoms with Crippen molar-refractivity contribution in [3.05, 3.63) is 203 Å². The maximum absolute atomic E-state index is 5.43. The Balaban J connectivity index is 1.21. The van der Waals surface area contributed by atoms with Crippen LogP contribution < -0.4 is 0 Å². The molecule has 0 fully saturated rings. The van der Waals surface area contributed by atoms with Crippen LogP contribution in [0.2, 0.25) is 0 Å². The molecule has 3 aliphatic carbocycles. The standard InChI is InChI=1S/C52H37N3/c1-31-35-21-11-12-23-38(35)47-45(31)40(30-44-46(47)39-24-14-16-26-42(39)52(44,4)34-19-9-6-10-20-34)50-54-48(32-17-7-5-8-18-32)53-49(55-50)33-27-28-37-36-22-13-15-25-41(36)51(2,3)43(37)29-33/h5-30H,1H2,2-4H3. The van der Waals surface area contributed by atoms with Gasteiger partial charge in [0.05, 0.1) is 0 Å². The van der Waals surface area contributed by atoms with Gasteiger partial charge in [-0.05, 0) is 91.4 Å². The largest absolute Gasteiger partial charge is 0.208 e. The fourth-order valence-corrected chi connectivity index (χ4v) is 9.77. The van der Waals surface area contributed by atoms with Crippen LogP contribution in [-0.4, -0.2) is 15.0 Å². The minimum Gasteiger partial charge on any atom is -0.208 e. The van der Waals surface area contributed by atoms with E-state index in [1.54, 1.807) is 0 Å². The van der Waals surface area contributed by atoms with Crippen molar-refractivity contribution < 1.29 is 0 Å². The summed E-state index contributed by atoms with van der Waals surface area (Å²) >= 11 is 0. The summed E-state index contributed by atoms with van der Waals surface area (Å²) in [7, 11) is 0. The molecule has 1 aromatic heterocycles. The summed E-state index contributed by atoms with van der Waals surface area (Å²) in [5.74, 6) is 1.95. The van der Waals surface area contributed by atoms with Gasteiger partial charge in [-0.3, -0.25) is 0 Å². The van der Waals surface area contributed by atoms with Crippen LogP contribution in [0.3, 0.4) is 0 Å². The van der Waals surface area contributed by atoms with E-state index >= 15 is 0 Å². The molecule has 0 saturated carbocycles. The van der Waals surface area contributed by atoms with Crippen molar-refractivity contribution in [3.63, 3.8) is 0 Å². The molecule has 8 aromatic rings. The van der Waals surface area contributed by atoms with E-state index in [9.17, 15) is 0 Å². The first-order valence-electron chi connectivity index (χ1n) is 19.1. The second-order valence-corrected chi connectivity index (χ2v) is 15.8. The van der Waals surface area contributed by atoms with Gasteiger partial charge in [0, 0.05) is 33.1 Å². The monoisotopic (exact) mass is 703 g/mol. The first kappa shape index (κ1) is 31.8. The Morgan fingerprint density at radius 2 is 0.945 bits per heavy atom. The van der Waals surface area contributed by atoms with E-state index in [2.05, 4.69) is 160 Å². The van der Waals surface area contributed by atoms with Crippen LogP contribution in [0.25, 0.3) is 73.1 Å². The molecule has 1 unspecified atom stereocenters. The zero-order chi connectivity index (χ0) is 37.1. The van der Waals surface area contributed by atoms with E-state index in [0.717, 1.165) is 33.4 Å². The molecular weight excluding hydrogens is 667 g/mol. The van der Waals surface area contributed by atoms with Crippen molar-refractivity contribution in [2.45, 2.75) is 31.6 Å². The van der Waals surface area contributed by atoms with Gasteiger partial charge in [-0.1, -0.05) is 166 Å². The molecule has 0 bridgehead atoms. The first-order chi connectivity index (χ1) is 26.8. The fourth-order valence-electron chi connectivity index (χ4n) is 9.77. The lowest BCUT2D eigenvalue weighted by Gasteiger charge is -2.29. The first-order valence-corrected chi connectivity index (χ1v) is 19.1. The van der Waals surface area contributed by atoms with Gasteiger partial charge in [-0.15, -0.1) is 0 Å². The lowest BCUT2D eigenvalue weighted by Crippen LogP contribution is -2.22. The van der Waals surface area contributed by atoms with Gasteiger partial charge < -0.3 is 0 Å². The Hall–Kier alpha value is -6.71. The van der Waals surface area contributed by atoms with Gasteiger partial charge in [0.25, 0.3) is 0 Å². The van der Waals surface area contributed by atoms with Crippen molar-refractivity contribution in [1.29, 1.82) is 0 Å². The van der Waals surface area contributed by atoms with E-state index in [4.69, 9.17) is 21.5 Å². The topological polar surface area (TPSA) is 38.7 Å². The van der Waals surface area contributed by atoms with Gasteiger partial charge in [0.1, 0.15) is 0 Å². The molecule has 7 aromatic carbocycles. The normalized spacial score (nSPS) is 16.5. The molecule has 0 spiro atoms. The Morgan fingerprint density at radius 1 is 0.382 bits per heavy atom. The number of benzene rings is 7. The molecule has 0 N–H and O–H groups in total. The summed E-state index contributed by atoms with van der Waals surface area (Å²) in [6.07, 6.45) is 0. The Bertz CT molecular complexity index is 2920. The summed E-state index contributed by atoms with van der Waals surface area (Å²) in [5, 5.41) is 0. The molecule has 0 radical (unpaired) electrons. The van der Waals surface area contributed by atoms with Gasteiger partial charge in [-0.2, -0.15) is 0 Å². The summed E-state index contributed by atoms with van der Waals surface area (Å²) in [6.45, 7) is 11.8. The van der Waals surface area contributed by atoms with Gasteiger partial charge >= 0.3 is 0 Å². The Kier molecular flexibility index (Phi) is 6.59. The van der Waals surface area contributed by atoms with E-state index in [1.807, 2.05) is 18.2 Å². The van der Waals surface area contributed by atoms with Crippen molar-refractivity contribution in [1.82, 2.24) is 15.0 Å². The lowest BCUT2D eigenvalue weighted by atomic mass is 9.73. The highest BCUT2D eigenvalue weighted by molar-refractivity contribution is 6.12. The number of aromatic nitrogens is 3. The SMILES string of the molecule is C=C1c2ccccc2-c2c1c(-c1nc(-c3ccccc3)nc(-c3ccc4c(c3)C(C)(C)c3ccccc3-4)n1)cc1c2-c2ccccc2C1(C)c1ccccc1. The van der Waals surface area contributed by atoms with Crippen molar-refractivity contribution in [3.8, 4) is 67.5 Å². The summed E-state index contributed by atoms with van der Waals surface area (Å²) in [5.41, 5.74) is 19.5. The third kappa shape index (κ3) is 4.35. The number of nitrogens with zero attached hydrogens (tertiary/aromatic N) is 3. The zero-order valence-electron chi connectivity index (χ0n) is 31.1. The van der Waals surface area contributed by atoms with Crippen LogP contribution in [0.15, 0.2) is 164 Å². The van der Waals surface area contributed by atoms with Crippen molar-refractivity contribution in [2.24, 2.45) is 0 Å². The number of hydrogen-bond acceptors (Lipinski definition) is 3. The predicted octanol–water partition coefficient (Wildman–Crippen LogP) is 12.6. The van der Waals surface area contributed by atoms with Gasteiger partial charge in [0.15, 0.2) is 17.5 Å². The Morgan fingerprint density at radius 3 is 1.69 bits per heavy atom. The highest BCUT2D eigenvalue weighted by atomic mass is 15.0. The van der Waals surface area contributed by atoms with Gasteiger partial charge in [0.2, 0.25) is 0 Å². The molecule has 3 aliphatic rings. The maximum atomic E-state index is 5.43. The summed E-state index contributed by atoms with van der Waals surface area (Å²) in [4.78, 5) is 16.0. The van der Waals surface area contributed by atoms with Crippen LogP contribution >= 0.6 is 0 Å². The zero-order valence-corrected chi connectivity index (χ0v) is 31.1. The molecular formula is C52H37N3. The van der Waals surface area contributed by atoms with E-state index in [0.29, 0.717) is 17.5 Å². The van der Waals surface area contributed by atoms with E-state index < -0.39 is 5.41 Å². The summed E-state index contributed by atoms with van der Waals surface area (Å²) < 4.78 is 0. The summed E-state index contributed by atoms with van der Waals surface area (Å²) in [6, 6.07) is 56.6. The second-order valence-electron chi connectivity index (χ2n) is 15.8. The molecule has 55 heavy (non-hydrogen) atoms. The molecule has 0 aliphatic heterocycles. The predicted molar refractivity (Wildman–Crippen MR) is 225 cm³/mol. The van der Waals surface area contributed by atoms with Crippen molar-refractivity contribution >= 4 is 5.57 Å². The third-order valence-electron chi connectivity index (χ3n) is 12.5. The van der Waals surface area contributed by atoms with Crippen molar-refractivity contribution in [2.75, 3.05) is 0 Å². The third-order valence-corrected chi connectivity index (χ3v) is 12.5. The molecule has 11 rings (SSSR count). The molecule has 260 valence electrons. The van der Waals surface area contributed by atoms with Crippen LogP contribution in [0.1, 0.15) is 59.7 Å². The Labute approximate surface area is 321 Å². The second kappa shape index (κ2) is 11.4. The average molecular weight is 704 g/mol. The number of fused-ring (bicyclic) bond motifs is 10. The maximum Gasteiger partial charge on any atom is 0.164 e. The van der Waals surface area contributed by atoms with Crippen LogP contribution in [0.5, 0.6) is 0 Å². The van der Waals surface area contributed by atoms with Crippen LogP contribution in [0, 0.1) is 0 Å². The minimum absolute atomic E-state index is 0.152. The lowest BCUT2D eigenvalue weighted by molar-refractivity contribution is 0.660. The molecule has 1 heterocycles. The molecule has 1 atom stereocenters. The number of rotatable bonds is 4. The quantitative estimate of drug-likeness (QED) is 0.183. The fraction of sp³-hybridized carbons (Fsp3) is 0.0962. The minimum atomic E-state index is -0.408. The van der Waals surface area contributed by atoms with Crippen LogP contribution in [0.4, 0.5) is 0 Å². The van der Waals surface area contributed by atoms with E-state index in [-0.39, 0.29) is 5.41 Å². The molecule has 3 nitrogen and oxygen atoms in total. The molecule has 0 saturated heterocycles. The van der Waals surface area contributed by atoms with E-state index in [1.165, 1.54) is 61.2 Å². The molecule has 3 heteroatoms. The average Bonchev–Trinajstić information content (AvgIpc) is 3.78. The van der Waals surface area contributed by atoms with Gasteiger partial charge in [-0.25, -0.2) is 15.0 Å². The smallest absolute Gasteiger partial charge is 0.164 e. The van der Waals surface area contributed by atoms with Crippen LogP contribution in [-0.2, 0) is 10.8 Å². The number of hydrogen-bond donors (Lipinski definition) is 0. The highest BCUT2D eigenvalue weighted by Crippen LogP contribution is 2.61.